The molecule has 2 atom stereocenters. The van der Waals surface area contributed by atoms with Gasteiger partial charge in [-0.3, -0.25) is 4.98 Å². The fraction of sp³-hybridized carbons (Fsp3) is 0.438. The van der Waals surface area contributed by atoms with Crippen LogP contribution >= 0.6 is 0 Å². The molecule has 0 amide bonds. The number of benzene rings is 1. The number of pyridine rings is 1. The van der Waals surface area contributed by atoms with Crippen LogP contribution in [0.2, 0.25) is 0 Å². The van der Waals surface area contributed by atoms with Gasteiger partial charge in [-0.25, -0.2) is 0 Å². The molecule has 1 N–H and O–H groups in total. The maximum Gasteiger partial charge on any atom is 0.0771 e. The monoisotopic (exact) mass is 256 g/mol. The molecule has 100 valence electrons. The van der Waals surface area contributed by atoms with Gasteiger partial charge in [0.15, 0.2) is 0 Å². The number of hydrogen-bond acceptors (Lipinski definition) is 3. The first-order chi connectivity index (χ1) is 9.38. The van der Waals surface area contributed by atoms with Crippen molar-refractivity contribution in [3.8, 4) is 0 Å². The second-order valence-electron chi connectivity index (χ2n) is 5.05. The first-order valence-corrected chi connectivity index (χ1v) is 7.08. The Hall–Kier alpha value is -1.45. The predicted molar refractivity (Wildman–Crippen MR) is 77.1 cm³/mol. The maximum atomic E-state index is 5.84. The first kappa shape index (κ1) is 12.6. The minimum atomic E-state index is 0.254. The van der Waals surface area contributed by atoms with Gasteiger partial charge in [-0.05, 0) is 37.1 Å². The van der Waals surface area contributed by atoms with E-state index in [-0.39, 0.29) is 12.1 Å². The lowest BCUT2D eigenvalue weighted by molar-refractivity contribution is 0.0787. The Morgan fingerprint density at radius 3 is 3.11 bits per heavy atom. The summed E-state index contributed by atoms with van der Waals surface area (Å²) in [5.41, 5.74) is 2.28. The second kappa shape index (κ2) is 5.68. The second-order valence-corrected chi connectivity index (χ2v) is 5.05. The lowest BCUT2D eigenvalue weighted by Crippen LogP contribution is -2.31. The predicted octanol–water partition coefficient (Wildman–Crippen LogP) is 3.06. The summed E-state index contributed by atoms with van der Waals surface area (Å²) in [6.45, 7) is 3.96. The topological polar surface area (TPSA) is 34.2 Å². The highest BCUT2D eigenvalue weighted by atomic mass is 16.5. The van der Waals surface area contributed by atoms with Gasteiger partial charge in [0.2, 0.25) is 0 Å². The van der Waals surface area contributed by atoms with Gasteiger partial charge in [-0.1, -0.05) is 25.1 Å². The molecule has 0 saturated carbocycles. The molecule has 1 fully saturated rings. The van der Waals surface area contributed by atoms with E-state index in [1.54, 1.807) is 0 Å². The highest BCUT2D eigenvalue weighted by Gasteiger charge is 2.26. The van der Waals surface area contributed by atoms with Crippen molar-refractivity contribution in [1.29, 1.82) is 0 Å². The van der Waals surface area contributed by atoms with E-state index in [0.717, 1.165) is 31.5 Å². The largest absolute Gasteiger partial charge is 0.376 e. The molecule has 1 aromatic heterocycles. The van der Waals surface area contributed by atoms with Crippen LogP contribution in [0.3, 0.4) is 0 Å². The van der Waals surface area contributed by atoms with Gasteiger partial charge in [0.05, 0.1) is 17.7 Å². The van der Waals surface area contributed by atoms with Crippen molar-refractivity contribution in [3.63, 3.8) is 0 Å². The van der Waals surface area contributed by atoms with E-state index in [1.807, 2.05) is 18.3 Å². The smallest absolute Gasteiger partial charge is 0.0771 e. The summed E-state index contributed by atoms with van der Waals surface area (Å²) in [7, 11) is 0. The minimum absolute atomic E-state index is 0.254. The quantitative estimate of drug-likeness (QED) is 0.913. The van der Waals surface area contributed by atoms with Crippen LogP contribution in [0.25, 0.3) is 10.9 Å². The number of fused-ring (bicyclic) bond motifs is 1. The van der Waals surface area contributed by atoms with Crippen LogP contribution in [0.5, 0.6) is 0 Å². The van der Waals surface area contributed by atoms with Gasteiger partial charge in [0.25, 0.3) is 0 Å². The molecule has 2 heterocycles. The molecule has 1 saturated heterocycles. The fourth-order valence-corrected chi connectivity index (χ4v) is 2.81. The number of para-hydroxylation sites is 1. The number of rotatable bonds is 4. The number of aromatic nitrogens is 1. The Bertz CT molecular complexity index is 549. The Morgan fingerprint density at radius 2 is 2.32 bits per heavy atom. The standard InChI is InChI=1S/C16H20N2O/c1-2-17-16(15-8-5-9-19-15)13-10-12-6-3-4-7-14(12)18-11-13/h3-4,6-7,10-11,15-17H,2,5,8-9H2,1H3. The van der Waals surface area contributed by atoms with Crippen molar-refractivity contribution in [2.45, 2.75) is 31.9 Å². The van der Waals surface area contributed by atoms with Crippen LogP contribution in [0, 0.1) is 0 Å². The molecule has 3 rings (SSSR count). The molecule has 1 aromatic carbocycles. The summed E-state index contributed by atoms with van der Waals surface area (Å²) in [5.74, 6) is 0. The van der Waals surface area contributed by atoms with Gasteiger partial charge in [-0.2, -0.15) is 0 Å². The summed E-state index contributed by atoms with van der Waals surface area (Å²) in [6, 6.07) is 10.7. The third kappa shape index (κ3) is 2.62. The van der Waals surface area contributed by atoms with E-state index in [4.69, 9.17) is 4.74 Å². The molecule has 0 radical (unpaired) electrons. The van der Waals surface area contributed by atoms with Gasteiger partial charge in [0.1, 0.15) is 0 Å². The molecule has 3 nitrogen and oxygen atoms in total. The fourth-order valence-electron chi connectivity index (χ4n) is 2.81. The van der Waals surface area contributed by atoms with Crippen LogP contribution < -0.4 is 5.32 Å². The Labute approximate surface area is 114 Å². The zero-order chi connectivity index (χ0) is 13.1. The zero-order valence-electron chi connectivity index (χ0n) is 11.3. The van der Waals surface area contributed by atoms with Crippen LogP contribution in [0.1, 0.15) is 31.4 Å². The van der Waals surface area contributed by atoms with Crippen molar-refractivity contribution in [2.24, 2.45) is 0 Å². The highest BCUT2D eigenvalue weighted by molar-refractivity contribution is 5.78. The van der Waals surface area contributed by atoms with E-state index in [2.05, 4.69) is 35.4 Å². The molecule has 0 spiro atoms. The molecular formula is C16H20N2O. The van der Waals surface area contributed by atoms with Gasteiger partial charge in [-0.15, -0.1) is 0 Å². The molecular weight excluding hydrogens is 236 g/mol. The first-order valence-electron chi connectivity index (χ1n) is 7.08. The van der Waals surface area contributed by atoms with E-state index in [0.29, 0.717) is 0 Å². The summed E-state index contributed by atoms with van der Waals surface area (Å²) in [5, 5.41) is 4.74. The maximum absolute atomic E-state index is 5.84. The number of nitrogens with one attached hydrogen (secondary N) is 1. The van der Waals surface area contributed by atoms with Crippen molar-refractivity contribution in [2.75, 3.05) is 13.2 Å². The van der Waals surface area contributed by atoms with Crippen molar-refractivity contribution in [1.82, 2.24) is 10.3 Å². The molecule has 1 aliphatic rings. The molecule has 2 unspecified atom stereocenters. The molecule has 0 aliphatic carbocycles. The molecule has 0 bridgehead atoms. The van der Waals surface area contributed by atoms with Crippen molar-refractivity contribution < 1.29 is 4.74 Å². The summed E-state index contributed by atoms with van der Waals surface area (Å²) < 4.78 is 5.84. The van der Waals surface area contributed by atoms with E-state index in [9.17, 15) is 0 Å². The van der Waals surface area contributed by atoms with E-state index < -0.39 is 0 Å². The number of nitrogens with zero attached hydrogens (tertiary/aromatic N) is 1. The molecule has 2 aromatic rings. The summed E-state index contributed by atoms with van der Waals surface area (Å²) >= 11 is 0. The molecule has 19 heavy (non-hydrogen) atoms. The zero-order valence-corrected chi connectivity index (χ0v) is 11.3. The average Bonchev–Trinajstić information content (AvgIpc) is 2.98. The normalized spacial score (nSPS) is 20.8. The Kier molecular flexibility index (Phi) is 3.76. The van der Waals surface area contributed by atoms with Crippen LogP contribution in [0.4, 0.5) is 0 Å². The third-order valence-electron chi connectivity index (χ3n) is 3.73. The summed E-state index contributed by atoms with van der Waals surface area (Å²) in [6.07, 6.45) is 4.55. The highest BCUT2D eigenvalue weighted by Crippen LogP contribution is 2.28. The summed E-state index contributed by atoms with van der Waals surface area (Å²) in [4.78, 5) is 4.56. The van der Waals surface area contributed by atoms with Crippen molar-refractivity contribution >= 4 is 10.9 Å². The number of likely N-dealkylation sites (N-methyl/N-ethyl adjacent to an activating group) is 1. The Morgan fingerprint density at radius 1 is 1.42 bits per heavy atom. The van der Waals surface area contributed by atoms with Crippen LogP contribution in [-0.2, 0) is 4.74 Å². The number of ether oxygens (including phenoxy) is 1. The van der Waals surface area contributed by atoms with E-state index >= 15 is 0 Å². The van der Waals surface area contributed by atoms with Crippen molar-refractivity contribution in [3.05, 3.63) is 42.1 Å². The molecule has 1 aliphatic heterocycles. The third-order valence-corrected chi connectivity index (χ3v) is 3.73. The lowest BCUT2D eigenvalue weighted by Gasteiger charge is -2.24. The van der Waals surface area contributed by atoms with Crippen LogP contribution in [-0.4, -0.2) is 24.2 Å². The van der Waals surface area contributed by atoms with E-state index in [1.165, 1.54) is 10.9 Å². The average molecular weight is 256 g/mol. The SMILES string of the molecule is CCNC(c1cnc2ccccc2c1)C1CCCO1. The van der Waals surface area contributed by atoms with Gasteiger partial charge >= 0.3 is 0 Å². The van der Waals surface area contributed by atoms with Gasteiger partial charge in [0, 0.05) is 18.2 Å². The van der Waals surface area contributed by atoms with Gasteiger partial charge < -0.3 is 10.1 Å². The minimum Gasteiger partial charge on any atom is -0.376 e. The Balaban J connectivity index is 1.94. The van der Waals surface area contributed by atoms with Crippen LogP contribution in [0.15, 0.2) is 36.5 Å². The molecule has 3 heteroatoms. The lowest BCUT2D eigenvalue weighted by atomic mass is 9.99. The number of hydrogen-bond donors (Lipinski definition) is 1.